The van der Waals surface area contributed by atoms with E-state index in [2.05, 4.69) is 63.0 Å². The van der Waals surface area contributed by atoms with Crippen molar-refractivity contribution in [1.29, 1.82) is 0 Å². The summed E-state index contributed by atoms with van der Waals surface area (Å²) in [7, 11) is 0. The SMILES string of the molecule is C=C/C=C\C(=C/C)C(/C(C)=C/C=C\C)C1CCNCC1. The minimum atomic E-state index is 0.523. The summed E-state index contributed by atoms with van der Waals surface area (Å²) in [6, 6.07) is 0. The Balaban J connectivity index is 3.04. The van der Waals surface area contributed by atoms with E-state index in [-0.39, 0.29) is 0 Å². The zero-order valence-electron chi connectivity index (χ0n) is 13.2. The molecule has 1 saturated heterocycles. The number of piperidine rings is 1. The Kier molecular flexibility index (Phi) is 7.98. The van der Waals surface area contributed by atoms with Gasteiger partial charge in [0.05, 0.1) is 0 Å². The number of hydrogen-bond donors (Lipinski definition) is 1. The molecule has 1 heterocycles. The molecule has 0 aromatic carbocycles. The Morgan fingerprint density at radius 1 is 1.20 bits per heavy atom. The molecule has 1 rings (SSSR count). The fourth-order valence-electron chi connectivity index (χ4n) is 2.99. The van der Waals surface area contributed by atoms with Crippen LogP contribution in [0.2, 0.25) is 0 Å². The number of rotatable bonds is 6. The lowest BCUT2D eigenvalue weighted by atomic mass is 9.75. The number of hydrogen-bond acceptors (Lipinski definition) is 1. The van der Waals surface area contributed by atoms with Crippen molar-refractivity contribution in [2.24, 2.45) is 11.8 Å². The molecule has 0 bridgehead atoms. The first kappa shape index (κ1) is 16.7. The zero-order chi connectivity index (χ0) is 14.8. The molecule has 1 heteroatoms. The highest BCUT2D eigenvalue weighted by Gasteiger charge is 2.26. The number of nitrogens with one attached hydrogen (secondary N) is 1. The molecule has 1 aliphatic rings. The highest BCUT2D eigenvalue weighted by molar-refractivity contribution is 5.32. The van der Waals surface area contributed by atoms with E-state index >= 15 is 0 Å². The first-order valence-electron chi connectivity index (χ1n) is 7.70. The molecule has 1 atom stereocenters. The van der Waals surface area contributed by atoms with E-state index in [1.807, 2.05) is 12.2 Å². The topological polar surface area (TPSA) is 12.0 Å². The normalized spacial score (nSPS) is 20.8. The van der Waals surface area contributed by atoms with Gasteiger partial charge in [0.25, 0.3) is 0 Å². The first-order chi connectivity index (χ1) is 9.74. The van der Waals surface area contributed by atoms with Gasteiger partial charge in [-0.2, -0.15) is 0 Å². The molecule has 1 nitrogen and oxygen atoms in total. The summed E-state index contributed by atoms with van der Waals surface area (Å²) in [5.41, 5.74) is 2.87. The minimum Gasteiger partial charge on any atom is -0.317 e. The van der Waals surface area contributed by atoms with Crippen LogP contribution in [0.1, 0.15) is 33.6 Å². The third-order valence-corrected chi connectivity index (χ3v) is 4.01. The van der Waals surface area contributed by atoms with Crippen LogP contribution in [0.25, 0.3) is 0 Å². The monoisotopic (exact) mass is 271 g/mol. The van der Waals surface area contributed by atoms with E-state index in [9.17, 15) is 0 Å². The van der Waals surface area contributed by atoms with Crippen LogP contribution in [-0.4, -0.2) is 13.1 Å². The molecule has 0 radical (unpaired) electrons. The van der Waals surface area contributed by atoms with Gasteiger partial charge >= 0.3 is 0 Å². The van der Waals surface area contributed by atoms with Crippen LogP contribution in [0.4, 0.5) is 0 Å². The Labute approximate surface area is 124 Å². The molecule has 0 spiro atoms. The molecule has 20 heavy (non-hydrogen) atoms. The van der Waals surface area contributed by atoms with E-state index in [0.717, 1.165) is 19.0 Å². The fourth-order valence-corrected chi connectivity index (χ4v) is 2.99. The fraction of sp³-hybridized carbons (Fsp3) is 0.474. The second-order valence-corrected chi connectivity index (χ2v) is 5.39. The minimum absolute atomic E-state index is 0.523. The van der Waals surface area contributed by atoms with Gasteiger partial charge in [-0.3, -0.25) is 0 Å². The van der Waals surface area contributed by atoms with Crippen LogP contribution in [-0.2, 0) is 0 Å². The average Bonchev–Trinajstić information content (AvgIpc) is 2.49. The van der Waals surface area contributed by atoms with Crippen molar-refractivity contribution in [1.82, 2.24) is 5.32 Å². The van der Waals surface area contributed by atoms with Gasteiger partial charge in [0.1, 0.15) is 0 Å². The molecule has 1 fully saturated rings. The predicted molar refractivity (Wildman–Crippen MR) is 90.7 cm³/mol. The van der Waals surface area contributed by atoms with Crippen molar-refractivity contribution >= 4 is 0 Å². The van der Waals surface area contributed by atoms with Crippen LogP contribution < -0.4 is 5.32 Å². The smallest absolute Gasteiger partial charge is 0.00744 e. The second kappa shape index (κ2) is 9.55. The Morgan fingerprint density at radius 3 is 2.45 bits per heavy atom. The van der Waals surface area contributed by atoms with E-state index in [1.54, 1.807) is 0 Å². The van der Waals surface area contributed by atoms with Crippen LogP contribution in [0.3, 0.4) is 0 Å². The van der Waals surface area contributed by atoms with Crippen LogP contribution in [0, 0.1) is 11.8 Å². The molecule has 0 amide bonds. The maximum atomic E-state index is 3.78. The van der Waals surface area contributed by atoms with Crippen molar-refractivity contribution in [2.75, 3.05) is 13.1 Å². The van der Waals surface area contributed by atoms with Gasteiger partial charge < -0.3 is 5.32 Å². The summed E-state index contributed by atoms with van der Waals surface area (Å²) < 4.78 is 0. The van der Waals surface area contributed by atoms with Gasteiger partial charge in [0.2, 0.25) is 0 Å². The van der Waals surface area contributed by atoms with Crippen LogP contribution >= 0.6 is 0 Å². The molecular weight excluding hydrogens is 242 g/mol. The molecule has 1 unspecified atom stereocenters. The third-order valence-electron chi connectivity index (χ3n) is 4.01. The van der Waals surface area contributed by atoms with E-state index < -0.39 is 0 Å². The number of allylic oxidation sites excluding steroid dienone is 9. The molecule has 0 aromatic rings. The third kappa shape index (κ3) is 4.97. The van der Waals surface area contributed by atoms with E-state index in [4.69, 9.17) is 0 Å². The summed E-state index contributed by atoms with van der Waals surface area (Å²) in [5.74, 6) is 1.26. The van der Waals surface area contributed by atoms with Gasteiger partial charge in [0.15, 0.2) is 0 Å². The summed E-state index contributed by atoms with van der Waals surface area (Å²) in [6.45, 7) is 12.5. The largest absolute Gasteiger partial charge is 0.317 e. The lowest BCUT2D eigenvalue weighted by molar-refractivity contribution is 0.318. The highest BCUT2D eigenvalue weighted by Crippen LogP contribution is 2.34. The first-order valence-corrected chi connectivity index (χ1v) is 7.70. The summed E-state index contributed by atoms with van der Waals surface area (Å²) >= 11 is 0. The highest BCUT2D eigenvalue weighted by atomic mass is 14.9. The Bertz CT molecular complexity index is 403. The maximum absolute atomic E-state index is 3.78. The molecule has 0 aromatic heterocycles. The van der Waals surface area contributed by atoms with Crippen molar-refractivity contribution in [3.8, 4) is 0 Å². The molecule has 110 valence electrons. The predicted octanol–water partition coefficient (Wildman–Crippen LogP) is 4.81. The molecule has 0 aliphatic carbocycles. The van der Waals surface area contributed by atoms with Crippen LogP contribution in [0.15, 0.2) is 60.3 Å². The van der Waals surface area contributed by atoms with Crippen molar-refractivity contribution in [3.63, 3.8) is 0 Å². The second-order valence-electron chi connectivity index (χ2n) is 5.39. The lowest BCUT2D eigenvalue weighted by Gasteiger charge is -2.32. The molecule has 0 saturated carbocycles. The Hall–Kier alpha value is -1.34. The van der Waals surface area contributed by atoms with E-state index in [1.165, 1.54) is 24.0 Å². The molecule has 1 N–H and O–H groups in total. The van der Waals surface area contributed by atoms with Crippen molar-refractivity contribution < 1.29 is 0 Å². The summed E-state index contributed by atoms with van der Waals surface area (Å²) in [6.07, 6.45) is 17.4. The van der Waals surface area contributed by atoms with Crippen molar-refractivity contribution in [3.05, 3.63) is 60.3 Å². The summed E-state index contributed by atoms with van der Waals surface area (Å²) in [4.78, 5) is 0. The maximum Gasteiger partial charge on any atom is 0.00744 e. The standard InChI is InChI=1S/C19H29N/c1-5-8-10-16(4)19(17(7-3)11-9-6-2)18-12-14-20-15-13-18/h5-11,18-20H,2,12-15H2,1,3-4H3/b8-5-,11-9-,16-10+,17-7+. The van der Waals surface area contributed by atoms with Gasteiger partial charge in [-0.1, -0.05) is 54.7 Å². The summed E-state index contributed by atoms with van der Waals surface area (Å²) in [5, 5.41) is 3.46. The Morgan fingerprint density at radius 2 is 1.90 bits per heavy atom. The van der Waals surface area contributed by atoms with Gasteiger partial charge in [-0.15, -0.1) is 0 Å². The van der Waals surface area contributed by atoms with Gasteiger partial charge in [-0.25, -0.2) is 0 Å². The zero-order valence-corrected chi connectivity index (χ0v) is 13.2. The van der Waals surface area contributed by atoms with E-state index in [0.29, 0.717) is 5.92 Å². The average molecular weight is 271 g/mol. The quantitative estimate of drug-likeness (QED) is 0.683. The molecular formula is C19H29N. The van der Waals surface area contributed by atoms with Gasteiger partial charge in [-0.05, 0) is 58.2 Å². The van der Waals surface area contributed by atoms with Crippen molar-refractivity contribution in [2.45, 2.75) is 33.6 Å². The van der Waals surface area contributed by atoms with Gasteiger partial charge in [0, 0.05) is 5.92 Å². The molecule has 1 aliphatic heterocycles. The lowest BCUT2D eigenvalue weighted by Crippen LogP contribution is -2.32. The van der Waals surface area contributed by atoms with Crippen LogP contribution in [0.5, 0.6) is 0 Å².